The number of carbonyl (C=O) groups excluding carboxylic acids is 3. The molecule has 0 bridgehead atoms. The number of fused-ring (bicyclic) bond motifs is 1. The van der Waals surface area contributed by atoms with Crippen molar-refractivity contribution in [1.82, 2.24) is 4.90 Å². The summed E-state index contributed by atoms with van der Waals surface area (Å²) in [6.45, 7) is 2.93. The van der Waals surface area contributed by atoms with Crippen LogP contribution in [0.5, 0.6) is 11.5 Å². The lowest BCUT2D eigenvalue weighted by molar-refractivity contribution is -0.137. The number of hydrogen-bond donors (Lipinski definition) is 0. The molecule has 0 fully saturated rings. The molecule has 0 aliphatic carbocycles. The Morgan fingerprint density at radius 2 is 1.71 bits per heavy atom. The maximum atomic E-state index is 12.3. The Balaban J connectivity index is 1.41. The quantitative estimate of drug-likeness (QED) is 0.251. The lowest BCUT2D eigenvalue weighted by Gasteiger charge is -2.13. The van der Waals surface area contributed by atoms with Crippen LogP contribution >= 0.6 is 0 Å². The predicted octanol–water partition coefficient (Wildman–Crippen LogP) is 3.73. The summed E-state index contributed by atoms with van der Waals surface area (Å²) in [7, 11) is 1.56. The molecule has 0 N–H and O–H groups in total. The minimum absolute atomic E-state index is 0.207. The molecule has 7 nitrogen and oxygen atoms in total. The molecular weight excluding hydrogens is 398 g/mol. The second-order valence-corrected chi connectivity index (χ2v) is 6.86. The van der Waals surface area contributed by atoms with Gasteiger partial charge in [0.2, 0.25) is 0 Å². The van der Waals surface area contributed by atoms with E-state index in [1.54, 1.807) is 49.6 Å². The fraction of sp³-hybridized carbons (Fsp3) is 0.292. The molecule has 2 aromatic rings. The molecule has 0 aromatic heterocycles. The molecule has 1 heterocycles. The van der Waals surface area contributed by atoms with Crippen molar-refractivity contribution >= 4 is 23.9 Å². The zero-order chi connectivity index (χ0) is 22.2. The first kappa shape index (κ1) is 22.1. The number of esters is 1. The van der Waals surface area contributed by atoms with Gasteiger partial charge in [-0.1, -0.05) is 18.2 Å². The van der Waals surface area contributed by atoms with Crippen LogP contribution < -0.4 is 9.47 Å². The van der Waals surface area contributed by atoms with Crippen LogP contribution in [0.25, 0.3) is 6.08 Å². The van der Waals surface area contributed by atoms with Crippen molar-refractivity contribution in [3.8, 4) is 11.5 Å². The molecule has 7 heteroatoms. The van der Waals surface area contributed by atoms with Crippen molar-refractivity contribution < 1.29 is 28.6 Å². The zero-order valence-electron chi connectivity index (χ0n) is 17.6. The second-order valence-electron chi connectivity index (χ2n) is 6.86. The molecule has 162 valence electrons. The molecule has 2 amide bonds. The number of imide groups is 1. The molecule has 0 saturated heterocycles. The van der Waals surface area contributed by atoms with Crippen LogP contribution in [-0.4, -0.2) is 49.6 Å². The van der Waals surface area contributed by atoms with Crippen molar-refractivity contribution in [2.24, 2.45) is 0 Å². The lowest BCUT2D eigenvalue weighted by atomic mass is 10.1. The molecule has 1 aliphatic heterocycles. The fourth-order valence-electron chi connectivity index (χ4n) is 3.26. The molecule has 0 radical (unpaired) electrons. The molecule has 2 aromatic carbocycles. The third-order valence-electron chi connectivity index (χ3n) is 4.80. The summed E-state index contributed by atoms with van der Waals surface area (Å²) in [5.74, 6) is 0.222. The first-order valence-electron chi connectivity index (χ1n) is 10.2. The molecule has 0 spiro atoms. The van der Waals surface area contributed by atoms with Gasteiger partial charge in [0.1, 0.15) is 0 Å². The van der Waals surface area contributed by atoms with Crippen LogP contribution in [0, 0.1) is 0 Å². The molecule has 0 saturated carbocycles. The summed E-state index contributed by atoms with van der Waals surface area (Å²) < 4.78 is 15.9. The number of nitrogens with zero attached hydrogens (tertiary/aromatic N) is 1. The minimum atomic E-state index is -0.464. The standard InChI is InChI=1S/C24H25NO6/c1-3-30-20-12-10-17(16-21(20)29-2)11-13-22(26)31-15-7-6-14-25-23(27)18-8-4-5-9-19(18)24(25)28/h4-5,8-13,16H,3,6-7,14-15H2,1-2H3. The van der Waals surface area contributed by atoms with Gasteiger partial charge in [-0.15, -0.1) is 0 Å². The van der Waals surface area contributed by atoms with Crippen LogP contribution in [0.1, 0.15) is 46.0 Å². The van der Waals surface area contributed by atoms with E-state index in [0.717, 1.165) is 5.56 Å². The number of amides is 2. The maximum absolute atomic E-state index is 12.3. The number of hydrogen-bond acceptors (Lipinski definition) is 6. The topological polar surface area (TPSA) is 82.1 Å². The largest absolute Gasteiger partial charge is 0.493 e. The van der Waals surface area contributed by atoms with Crippen LogP contribution in [-0.2, 0) is 9.53 Å². The van der Waals surface area contributed by atoms with E-state index in [-0.39, 0.29) is 18.4 Å². The van der Waals surface area contributed by atoms with E-state index < -0.39 is 5.97 Å². The SMILES string of the molecule is CCOc1ccc(C=CC(=O)OCCCCN2C(=O)c3ccccc3C2=O)cc1OC. The van der Waals surface area contributed by atoms with E-state index in [1.807, 2.05) is 13.0 Å². The average molecular weight is 423 g/mol. The van der Waals surface area contributed by atoms with Gasteiger partial charge in [-0.2, -0.15) is 0 Å². The summed E-state index contributed by atoms with van der Waals surface area (Å²) in [6.07, 6.45) is 4.08. The van der Waals surface area contributed by atoms with Crippen LogP contribution in [0.2, 0.25) is 0 Å². The first-order valence-corrected chi connectivity index (χ1v) is 10.2. The number of carbonyl (C=O) groups is 3. The van der Waals surface area contributed by atoms with Crippen molar-refractivity contribution in [3.63, 3.8) is 0 Å². The second kappa shape index (κ2) is 10.4. The number of benzene rings is 2. The maximum Gasteiger partial charge on any atom is 0.330 e. The van der Waals surface area contributed by atoms with Gasteiger partial charge in [0, 0.05) is 12.6 Å². The summed E-state index contributed by atoms with van der Waals surface area (Å²) in [4.78, 5) is 37.8. The highest BCUT2D eigenvalue weighted by atomic mass is 16.5. The van der Waals surface area contributed by atoms with Crippen molar-refractivity contribution in [1.29, 1.82) is 0 Å². The number of ether oxygens (including phenoxy) is 3. The zero-order valence-corrected chi connectivity index (χ0v) is 17.6. The summed E-state index contributed by atoms with van der Waals surface area (Å²) >= 11 is 0. The summed E-state index contributed by atoms with van der Waals surface area (Å²) in [5, 5.41) is 0. The Bertz CT molecular complexity index is 962. The van der Waals surface area contributed by atoms with Crippen molar-refractivity contribution in [2.45, 2.75) is 19.8 Å². The van der Waals surface area contributed by atoms with Crippen LogP contribution in [0.15, 0.2) is 48.5 Å². The molecule has 0 unspecified atom stereocenters. The highest BCUT2D eigenvalue weighted by Gasteiger charge is 2.34. The monoisotopic (exact) mass is 423 g/mol. The van der Waals surface area contributed by atoms with E-state index >= 15 is 0 Å². The number of rotatable bonds is 10. The van der Waals surface area contributed by atoms with E-state index in [9.17, 15) is 14.4 Å². The van der Waals surface area contributed by atoms with Gasteiger partial charge < -0.3 is 14.2 Å². The number of unbranched alkanes of at least 4 members (excludes halogenated alkanes) is 1. The normalized spacial score (nSPS) is 12.9. The van der Waals surface area contributed by atoms with Crippen LogP contribution in [0.4, 0.5) is 0 Å². The molecule has 31 heavy (non-hydrogen) atoms. The van der Waals surface area contributed by atoms with E-state index in [4.69, 9.17) is 14.2 Å². The van der Waals surface area contributed by atoms with Gasteiger partial charge in [-0.05, 0) is 55.7 Å². The van der Waals surface area contributed by atoms with Crippen LogP contribution in [0.3, 0.4) is 0 Å². The highest BCUT2D eigenvalue weighted by Crippen LogP contribution is 2.28. The lowest BCUT2D eigenvalue weighted by Crippen LogP contribution is -2.30. The first-order chi connectivity index (χ1) is 15.0. The number of methoxy groups -OCH3 is 1. The molecule has 1 aliphatic rings. The van der Waals surface area contributed by atoms with Gasteiger partial charge >= 0.3 is 5.97 Å². The van der Waals surface area contributed by atoms with E-state index in [1.165, 1.54) is 11.0 Å². The molecular formula is C24H25NO6. The van der Waals surface area contributed by atoms with Gasteiger partial charge in [0.15, 0.2) is 11.5 Å². The smallest absolute Gasteiger partial charge is 0.330 e. The summed E-state index contributed by atoms with van der Waals surface area (Å²) in [5.41, 5.74) is 1.66. The van der Waals surface area contributed by atoms with Crippen molar-refractivity contribution in [2.75, 3.05) is 26.9 Å². The third kappa shape index (κ3) is 5.31. The molecule has 0 atom stereocenters. The Hall–Kier alpha value is -3.61. The van der Waals surface area contributed by atoms with Gasteiger partial charge in [0.05, 0.1) is 31.5 Å². The third-order valence-corrected chi connectivity index (χ3v) is 4.80. The average Bonchev–Trinajstić information content (AvgIpc) is 3.03. The fourth-order valence-corrected chi connectivity index (χ4v) is 3.26. The summed E-state index contributed by atoms with van der Waals surface area (Å²) in [6, 6.07) is 12.2. The van der Waals surface area contributed by atoms with E-state index in [0.29, 0.717) is 48.6 Å². The Labute approximate surface area is 181 Å². The van der Waals surface area contributed by atoms with Gasteiger partial charge in [0.25, 0.3) is 11.8 Å². The minimum Gasteiger partial charge on any atom is -0.493 e. The van der Waals surface area contributed by atoms with Gasteiger partial charge in [-0.25, -0.2) is 4.79 Å². The predicted molar refractivity (Wildman–Crippen MR) is 115 cm³/mol. The van der Waals surface area contributed by atoms with Gasteiger partial charge in [-0.3, -0.25) is 14.5 Å². The Morgan fingerprint density at radius 1 is 1.00 bits per heavy atom. The molecule has 3 rings (SSSR count). The highest BCUT2D eigenvalue weighted by molar-refractivity contribution is 6.21. The Morgan fingerprint density at radius 3 is 2.35 bits per heavy atom. The Kier molecular flexibility index (Phi) is 7.43. The van der Waals surface area contributed by atoms with Crippen molar-refractivity contribution in [3.05, 3.63) is 65.2 Å². The van der Waals surface area contributed by atoms with E-state index in [2.05, 4.69) is 0 Å².